The number of likely N-dealkylation sites (tertiary alicyclic amines) is 1. The van der Waals surface area contributed by atoms with E-state index >= 15 is 0 Å². The number of fused-ring (bicyclic) bond motifs is 2. The lowest BCUT2D eigenvalue weighted by Crippen LogP contribution is -2.48. The third-order valence-electron chi connectivity index (χ3n) is 3.31. The van der Waals surface area contributed by atoms with Crippen molar-refractivity contribution in [2.45, 2.75) is 31.7 Å². The molecule has 3 nitrogen and oxygen atoms in total. The molecule has 2 rings (SSSR count). The summed E-state index contributed by atoms with van der Waals surface area (Å²) in [6.45, 7) is 2.03. The van der Waals surface area contributed by atoms with Crippen LogP contribution < -0.4 is 0 Å². The zero-order chi connectivity index (χ0) is 9.26. The monoisotopic (exact) mass is 183 g/mol. The highest BCUT2D eigenvalue weighted by Crippen LogP contribution is 2.32. The van der Waals surface area contributed by atoms with Crippen molar-refractivity contribution in [1.82, 2.24) is 4.90 Å². The quantitative estimate of drug-likeness (QED) is 0.674. The summed E-state index contributed by atoms with van der Waals surface area (Å²) in [7, 11) is 0. The predicted molar refractivity (Wildman–Crippen MR) is 49.4 cm³/mol. The van der Waals surface area contributed by atoms with E-state index in [9.17, 15) is 4.79 Å². The predicted octanol–water partition coefficient (Wildman–Crippen LogP) is 0.422. The number of carbonyl (C=O) groups excluding carboxylic acids is 1. The molecule has 1 N–H and O–H groups in total. The van der Waals surface area contributed by atoms with E-state index in [1.165, 1.54) is 6.42 Å². The van der Waals surface area contributed by atoms with Crippen molar-refractivity contribution in [2.24, 2.45) is 5.92 Å². The highest BCUT2D eigenvalue weighted by molar-refractivity contribution is 5.80. The van der Waals surface area contributed by atoms with Gasteiger partial charge in [-0.25, -0.2) is 0 Å². The van der Waals surface area contributed by atoms with E-state index in [4.69, 9.17) is 5.11 Å². The van der Waals surface area contributed by atoms with Crippen molar-refractivity contribution >= 4 is 5.78 Å². The molecule has 2 fully saturated rings. The van der Waals surface area contributed by atoms with Crippen molar-refractivity contribution in [3.63, 3.8) is 0 Å². The summed E-state index contributed by atoms with van der Waals surface area (Å²) in [4.78, 5) is 13.6. The van der Waals surface area contributed by atoms with Gasteiger partial charge < -0.3 is 5.11 Å². The first-order valence-corrected chi connectivity index (χ1v) is 5.16. The van der Waals surface area contributed by atoms with Gasteiger partial charge in [-0.2, -0.15) is 0 Å². The topological polar surface area (TPSA) is 40.5 Å². The summed E-state index contributed by atoms with van der Waals surface area (Å²) < 4.78 is 0. The highest BCUT2D eigenvalue weighted by Gasteiger charge is 2.34. The van der Waals surface area contributed by atoms with Crippen LogP contribution in [0.5, 0.6) is 0 Å². The summed E-state index contributed by atoms with van der Waals surface area (Å²) in [5, 5.41) is 8.86. The molecule has 0 amide bonds. The zero-order valence-corrected chi connectivity index (χ0v) is 7.91. The van der Waals surface area contributed by atoms with E-state index < -0.39 is 0 Å². The van der Waals surface area contributed by atoms with E-state index in [0.717, 1.165) is 32.4 Å². The molecule has 2 aliphatic rings. The van der Waals surface area contributed by atoms with Crippen LogP contribution in [0.3, 0.4) is 0 Å². The third kappa shape index (κ3) is 1.92. The lowest BCUT2D eigenvalue weighted by atomic mass is 9.79. The zero-order valence-electron chi connectivity index (χ0n) is 7.91. The fraction of sp³-hybridized carbons (Fsp3) is 0.900. The lowest BCUT2D eigenvalue weighted by Gasteiger charge is -2.42. The van der Waals surface area contributed by atoms with Gasteiger partial charge in [-0.3, -0.25) is 9.69 Å². The van der Waals surface area contributed by atoms with Gasteiger partial charge in [-0.05, 0) is 25.3 Å². The molecule has 2 unspecified atom stereocenters. The fourth-order valence-corrected chi connectivity index (χ4v) is 2.67. The molecule has 0 aromatic heterocycles. The van der Waals surface area contributed by atoms with E-state index in [0.29, 0.717) is 17.7 Å². The molecule has 1 saturated carbocycles. The van der Waals surface area contributed by atoms with Gasteiger partial charge in [0.05, 0.1) is 6.61 Å². The Morgan fingerprint density at radius 3 is 3.08 bits per heavy atom. The SMILES string of the molecule is O=C1CC2CCN(CCO)C(C1)C2. The van der Waals surface area contributed by atoms with Gasteiger partial charge in [0.25, 0.3) is 0 Å². The summed E-state index contributed by atoms with van der Waals surface area (Å²) in [5.41, 5.74) is 0. The second kappa shape index (κ2) is 3.76. The summed E-state index contributed by atoms with van der Waals surface area (Å²) >= 11 is 0. The molecule has 13 heavy (non-hydrogen) atoms. The molecule has 1 aliphatic carbocycles. The maximum atomic E-state index is 11.3. The summed E-state index contributed by atoms with van der Waals surface area (Å²) in [6, 6.07) is 0.437. The maximum Gasteiger partial charge on any atom is 0.134 e. The fourth-order valence-electron chi connectivity index (χ4n) is 2.67. The number of ketones is 1. The molecule has 74 valence electrons. The number of piperidine rings is 1. The summed E-state index contributed by atoms with van der Waals surface area (Å²) in [5.74, 6) is 1.06. The van der Waals surface area contributed by atoms with Gasteiger partial charge in [-0.15, -0.1) is 0 Å². The Labute approximate surface area is 78.7 Å². The standard InChI is InChI=1S/C10H17NO2/c12-4-3-11-2-1-8-5-9(11)7-10(13)6-8/h8-9,12H,1-7H2. The Balaban J connectivity index is 1.98. The number of Topliss-reactive ketones (excluding diaryl/α,β-unsaturated/α-hetero) is 1. The van der Waals surface area contributed by atoms with Crippen LogP contribution in [0, 0.1) is 5.92 Å². The Kier molecular flexibility index (Phi) is 2.65. The van der Waals surface area contributed by atoms with Crippen LogP contribution in [-0.4, -0.2) is 41.5 Å². The molecular weight excluding hydrogens is 166 g/mol. The maximum absolute atomic E-state index is 11.3. The molecule has 2 bridgehead atoms. The molecule has 0 radical (unpaired) electrons. The van der Waals surface area contributed by atoms with Gasteiger partial charge >= 0.3 is 0 Å². The minimum absolute atomic E-state index is 0.218. The third-order valence-corrected chi connectivity index (χ3v) is 3.31. The minimum Gasteiger partial charge on any atom is -0.395 e. The molecule has 3 heteroatoms. The Morgan fingerprint density at radius 1 is 1.46 bits per heavy atom. The lowest BCUT2D eigenvalue weighted by molar-refractivity contribution is -0.125. The average Bonchev–Trinajstić information content (AvgIpc) is 2.10. The molecular formula is C10H17NO2. The van der Waals surface area contributed by atoms with Crippen molar-refractivity contribution in [3.05, 3.63) is 0 Å². The van der Waals surface area contributed by atoms with E-state index in [-0.39, 0.29) is 6.61 Å². The van der Waals surface area contributed by atoms with Gasteiger partial charge in [0, 0.05) is 25.4 Å². The minimum atomic E-state index is 0.218. The first kappa shape index (κ1) is 9.16. The summed E-state index contributed by atoms with van der Waals surface area (Å²) in [6.07, 6.45) is 3.84. The number of nitrogens with zero attached hydrogens (tertiary/aromatic N) is 1. The second-order valence-corrected chi connectivity index (χ2v) is 4.25. The van der Waals surface area contributed by atoms with Gasteiger partial charge in [0.15, 0.2) is 0 Å². The number of aliphatic hydroxyl groups excluding tert-OH is 1. The smallest absolute Gasteiger partial charge is 0.134 e. The Morgan fingerprint density at radius 2 is 2.31 bits per heavy atom. The van der Waals surface area contributed by atoms with Crippen LogP contribution in [0.2, 0.25) is 0 Å². The van der Waals surface area contributed by atoms with Crippen molar-refractivity contribution in [1.29, 1.82) is 0 Å². The normalized spacial score (nSPS) is 35.0. The van der Waals surface area contributed by atoms with E-state index in [1.807, 2.05) is 0 Å². The number of hydrogen-bond donors (Lipinski definition) is 1. The van der Waals surface area contributed by atoms with Crippen LogP contribution >= 0.6 is 0 Å². The van der Waals surface area contributed by atoms with Crippen LogP contribution in [-0.2, 0) is 4.79 Å². The Hall–Kier alpha value is -0.410. The number of hydrogen-bond acceptors (Lipinski definition) is 3. The van der Waals surface area contributed by atoms with Crippen LogP contribution in [0.15, 0.2) is 0 Å². The second-order valence-electron chi connectivity index (χ2n) is 4.25. The number of β-amino-alcohol motifs (C(OH)–C–C–N with tert-alkyl or cyclic N) is 1. The van der Waals surface area contributed by atoms with Gasteiger partial charge in [-0.1, -0.05) is 0 Å². The molecule has 0 aromatic carbocycles. The number of carbonyl (C=O) groups is 1. The Bertz CT molecular complexity index is 205. The largest absolute Gasteiger partial charge is 0.395 e. The first-order valence-electron chi connectivity index (χ1n) is 5.16. The number of rotatable bonds is 2. The molecule has 0 spiro atoms. The van der Waals surface area contributed by atoms with Crippen LogP contribution in [0.25, 0.3) is 0 Å². The van der Waals surface area contributed by atoms with Crippen LogP contribution in [0.1, 0.15) is 25.7 Å². The molecule has 1 aliphatic heterocycles. The highest BCUT2D eigenvalue weighted by atomic mass is 16.3. The van der Waals surface area contributed by atoms with Crippen molar-refractivity contribution in [2.75, 3.05) is 19.7 Å². The molecule has 0 aromatic rings. The average molecular weight is 183 g/mol. The molecule has 2 atom stereocenters. The van der Waals surface area contributed by atoms with E-state index in [2.05, 4.69) is 4.90 Å². The first-order chi connectivity index (χ1) is 6.29. The van der Waals surface area contributed by atoms with E-state index in [1.54, 1.807) is 0 Å². The van der Waals surface area contributed by atoms with Gasteiger partial charge in [0.2, 0.25) is 0 Å². The van der Waals surface area contributed by atoms with Crippen LogP contribution in [0.4, 0.5) is 0 Å². The number of aliphatic hydroxyl groups is 1. The van der Waals surface area contributed by atoms with Gasteiger partial charge in [0.1, 0.15) is 5.78 Å². The molecule has 1 heterocycles. The van der Waals surface area contributed by atoms with Crippen molar-refractivity contribution < 1.29 is 9.90 Å². The molecule has 1 saturated heterocycles. The van der Waals surface area contributed by atoms with Crippen molar-refractivity contribution in [3.8, 4) is 0 Å².